The molecule has 72 heavy (non-hydrogen) atoms. The average molecular weight is 923 g/mol. The molecule has 4 nitrogen and oxygen atoms in total. The molecular weight excluding hydrogens is 873 g/mol. The van der Waals surface area contributed by atoms with Crippen LogP contribution in [0.4, 0.5) is 0 Å². The van der Waals surface area contributed by atoms with E-state index in [-0.39, 0.29) is 5.41 Å². The second kappa shape index (κ2) is 15.2. The lowest BCUT2D eigenvalue weighted by Gasteiger charge is -2.65. The fraction of sp³-hybridized carbons (Fsp3) is 0.162. The number of hydrogen-bond donors (Lipinski definition) is 0. The standard InChI is InChI=1S/C68H50N4/c1-2-15-45(16-3-1)64-69-65(47-18-14-17-46(40-47)44-29-32-51(33-30-44)72-62-27-12-6-21-54(62)55-22-7-13-28-63(55)72)71-66(70-64)48-31-34-60-61(41-48)67(49-36-42-35-43(38-49)39-50(67)37-42)58-25-10-11-26-59(58)68(60)56-23-8-4-19-52(56)53-20-5-9-24-57(53)68/h1-34,40-43,49-50H,35-39H2. The first kappa shape index (κ1) is 40.5. The molecule has 342 valence electrons. The Hall–Kier alpha value is -8.21. The van der Waals surface area contributed by atoms with Gasteiger partial charge < -0.3 is 4.57 Å². The molecule has 0 atom stereocenters. The molecule has 11 aromatic rings. The highest BCUT2D eigenvalue weighted by Gasteiger charge is 2.64. The first-order valence-electron chi connectivity index (χ1n) is 26.1. The summed E-state index contributed by atoms with van der Waals surface area (Å²) in [5, 5.41) is 2.53. The van der Waals surface area contributed by atoms with Crippen molar-refractivity contribution in [3.63, 3.8) is 0 Å². The van der Waals surface area contributed by atoms with E-state index in [4.69, 9.17) is 15.0 Å². The van der Waals surface area contributed by atoms with Gasteiger partial charge in [-0.25, -0.2) is 15.0 Å². The van der Waals surface area contributed by atoms with Gasteiger partial charge in [0.05, 0.1) is 16.4 Å². The van der Waals surface area contributed by atoms with Gasteiger partial charge in [0.2, 0.25) is 0 Å². The molecule has 0 amide bonds. The number of benzene rings is 9. The maximum atomic E-state index is 5.49. The fourth-order valence-corrected chi connectivity index (χ4v) is 15.6. The smallest absolute Gasteiger partial charge is 0.164 e. The molecular formula is C68H50N4. The first-order chi connectivity index (χ1) is 35.6. The van der Waals surface area contributed by atoms with E-state index in [1.54, 1.807) is 5.56 Å². The van der Waals surface area contributed by atoms with Gasteiger partial charge in [-0.3, -0.25) is 0 Å². The quantitative estimate of drug-likeness (QED) is 0.173. The van der Waals surface area contributed by atoms with Crippen LogP contribution in [0.5, 0.6) is 0 Å². The Morgan fingerprint density at radius 1 is 0.333 bits per heavy atom. The van der Waals surface area contributed by atoms with Crippen molar-refractivity contribution < 1.29 is 0 Å². The minimum absolute atomic E-state index is 0.101. The highest BCUT2D eigenvalue weighted by Crippen LogP contribution is 2.71. The molecule has 4 saturated carbocycles. The molecule has 2 heterocycles. The van der Waals surface area contributed by atoms with Crippen molar-refractivity contribution in [2.75, 3.05) is 0 Å². The fourth-order valence-electron chi connectivity index (χ4n) is 15.6. The number of nitrogens with zero attached hydrogens (tertiary/aromatic N) is 4. The summed E-state index contributed by atoms with van der Waals surface area (Å²) >= 11 is 0. The van der Waals surface area contributed by atoms with Crippen LogP contribution >= 0.6 is 0 Å². The highest BCUT2D eigenvalue weighted by atomic mass is 15.0. The topological polar surface area (TPSA) is 43.6 Å². The van der Waals surface area contributed by atoms with Gasteiger partial charge >= 0.3 is 0 Å². The summed E-state index contributed by atoms with van der Waals surface area (Å²) in [6.07, 6.45) is 6.63. The van der Waals surface area contributed by atoms with Crippen molar-refractivity contribution in [3.8, 4) is 62.1 Å². The third-order valence-corrected chi connectivity index (χ3v) is 18.1. The summed E-state index contributed by atoms with van der Waals surface area (Å²) in [4.78, 5) is 16.2. The summed E-state index contributed by atoms with van der Waals surface area (Å²) in [6, 6.07) is 81.1. The zero-order chi connectivity index (χ0) is 47.1. The lowest BCUT2D eigenvalue weighted by atomic mass is 9.38. The van der Waals surface area contributed by atoms with E-state index in [0.717, 1.165) is 45.3 Å². The molecule has 4 bridgehead atoms. The zero-order valence-electron chi connectivity index (χ0n) is 39.9. The van der Waals surface area contributed by atoms with E-state index in [0.29, 0.717) is 29.3 Å². The Morgan fingerprint density at radius 3 is 1.44 bits per heavy atom. The number of hydrogen-bond acceptors (Lipinski definition) is 3. The Kier molecular flexibility index (Phi) is 8.52. The molecule has 2 aromatic heterocycles. The van der Waals surface area contributed by atoms with Gasteiger partial charge in [0.25, 0.3) is 0 Å². The molecule has 6 aliphatic carbocycles. The number of aromatic nitrogens is 4. The minimum Gasteiger partial charge on any atom is -0.309 e. The third-order valence-electron chi connectivity index (χ3n) is 18.1. The largest absolute Gasteiger partial charge is 0.309 e. The van der Waals surface area contributed by atoms with Gasteiger partial charge in [0.1, 0.15) is 0 Å². The predicted molar refractivity (Wildman–Crippen MR) is 291 cm³/mol. The van der Waals surface area contributed by atoms with Gasteiger partial charge in [0.15, 0.2) is 17.5 Å². The van der Waals surface area contributed by atoms with Gasteiger partial charge in [-0.1, -0.05) is 182 Å². The molecule has 0 unspecified atom stereocenters. The van der Waals surface area contributed by atoms with Crippen molar-refractivity contribution in [2.24, 2.45) is 23.7 Å². The molecule has 9 aromatic carbocycles. The van der Waals surface area contributed by atoms with Crippen LogP contribution in [0.15, 0.2) is 218 Å². The zero-order valence-corrected chi connectivity index (χ0v) is 39.9. The maximum absolute atomic E-state index is 5.49. The van der Waals surface area contributed by atoms with Gasteiger partial charge in [0, 0.05) is 38.6 Å². The normalized spacial score (nSPS) is 21.5. The lowest BCUT2D eigenvalue weighted by molar-refractivity contribution is -0.0440. The Morgan fingerprint density at radius 2 is 0.806 bits per heavy atom. The van der Waals surface area contributed by atoms with Crippen molar-refractivity contribution in [3.05, 3.63) is 252 Å². The van der Waals surface area contributed by atoms with E-state index in [2.05, 4.69) is 223 Å². The van der Waals surface area contributed by atoms with Crippen LogP contribution in [-0.4, -0.2) is 19.5 Å². The van der Waals surface area contributed by atoms with Crippen LogP contribution < -0.4 is 0 Å². The molecule has 17 rings (SSSR count). The summed E-state index contributed by atoms with van der Waals surface area (Å²) in [6.45, 7) is 0. The molecule has 4 fully saturated rings. The monoisotopic (exact) mass is 922 g/mol. The minimum atomic E-state index is -0.445. The first-order valence-corrected chi connectivity index (χ1v) is 26.1. The van der Waals surface area contributed by atoms with Crippen molar-refractivity contribution >= 4 is 21.8 Å². The lowest BCUT2D eigenvalue weighted by Crippen LogP contribution is -2.59. The van der Waals surface area contributed by atoms with E-state index in [1.165, 1.54) is 92.9 Å². The average Bonchev–Trinajstić information content (AvgIpc) is 3.94. The number of fused-ring (bicyclic) bond motifs is 12. The van der Waals surface area contributed by atoms with Crippen molar-refractivity contribution in [1.29, 1.82) is 0 Å². The predicted octanol–water partition coefficient (Wildman–Crippen LogP) is 16.1. The van der Waals surface area contributed by atoms with Crippen molar-refractivity contribution in [2.45, 2.75) is 42.9 Å². The Labute approximate surface area is 419 Å². The summed E-state index contributed by atoms with van der Waals surface area (Å²) in [5.74, 6) is 4.88. The van der Waals surface area contributed by atoms with Crippen LogP contribution in [0.1, 0.15) is 65.5 Å². The van der Waals surface area contributed by atoms with Crippen LogP contribution in [0, 0.1) is 23.7 Å². The molecule has 0 saturated heterocycles. The number of para-hydroxylation sites is 2. The molecule has 6 aliphatic rings. The number of rotatable bonds is 5. The van der Waals surface area contributed by atoms with E-state index in [9.17, 15) is 0 Å². The third kappa shape index (κ3) is 5.50. The molecule has 2 spiro atoms. The Bertz CT molecular complexity index is 3890. The summed E-state index contributed by atoms with van der Waals surface area (Å²) in [5.41, 5.74) is 19.7. The van der Waals surface area contributed by atoms with Gasteiger partial charge in [-0.05, 0) is 148 Å². The second-order valence-electron chi connectivity index (χ2n) is 21.5. The van der Waals surface area contributed by atoms with Crippen LogP contribution in [0.2, 0.25) is 0 Å². The summed E-state index contributed by atoms with van der Waals surface area (Å²) in [7, 11) is 0. The van der Waals surface area contributed by atoms with Gasteiger partial charge in [-0.2, -0.15) is 0 Å². The van der Waals surface area contributed by atoms with Crippen LogP contribution in [-0.2, 0) is 10.8 Å². The van der Waals surface area contributed by atoms with Crippen molar-refractivity contribution in [1.82, 2.24) is 19.5 Å². The second-order valence-corrected chi connectivity index (χ2v) is 21.5. The van der Waals surface area contributed by atoms with E-state index in [1.807, 2.05) is 0 Å². The molecule has 4 heteroatoms. The Balaban J connectivity index is 0.872. The maximum Gasteiger partial charge on any atom is 0.164 e. The summed E-state index contributed by atoms with van der Waals surface area (Å²) < 4.78 is 2.37. The van der Waals surface area contributed by atoms with Crippen LogP contribution in [0.3, 0.4) is 0 Å². The van der Waals surface area contributed by atoms with Gasteiger partial charge in [-0.15, -0.1) is 0 Å². The van der Waals surface area contributed by atoms with E-state index < -0.39 is 5.41 Å². The van der Waals surface area contributed by atoms with Crippen LogP contribution in [0.25, 0.3) is 83.9 Å². The molecule has 0 radical (unpaired) electrons. The highest BCUT2D eigenvalue weighted by molar-refractivity contribution is 6.09. The SMILES string of the molecule is c1ccc(-c2nc(-c3cccc(-c4ccc(-n5c6ccccc6c6ccccc65)cc4)c3)nc(-c3ccc4c(c3)C3(c5ccccc5C45c4ccccc4-c4ccccc45)C4CC5CC(C4)CC3C5)n2)cc1. The molecule has 0 N–H and O–H groups in total. The van der Waals surface area contributed by atoms with E-state index >= 15 is 0 Å². The molecule has 0 aliphatic heterocycles.